The molecule has 56 valence electrons. The summed E-state index contributed by atoms with van der Waals surface area (Å²) in [4.78, 5) is 0. The monoisotopic (exact) mass is 150 g/mol. The molecular formula is C9H7FO. The molecule has 0 amide bonds. The van der Waals surface area contributed by atoms with Gasteiger partial charge in [0.1, 0.15) is 0 Å². The minimum atomic E-state index is -0.535. The van der Waals surface area contributed by atoms with Crippen LogP contribution in [0.1, 0.15) is 11.1 Å². The van der Waals surface area contributed by atoms with E-state index in [1.54, 1.807) is 0 Å². The lowest BCUT2D eigenvalue weighted by molar-refractivity contribution is 0.432. The summed E-state index contributed by atoms with van der Waals surface area (Å²) in [6, 6.07) is 2.83. The van der Waals surface area contributed by atoms with Gasteiger partial charge >= 0.3 is 0 Å². The third kappa shape index (κ3) is 0.909. The molecule has 0 atom stereocenters. The maximum atomic E-state index is 12.7. The Morgan fingerprint density at radius 3 is 3.00 bits per heavy atom. The molecule has 0 saturated carbocycles. The van der Waals surface area contributed by atoms with E-state index in [1.807, 2.05) is 12.2 Å². The summed E-state index contributed by atoms with van der Waals surface area (Å²) in [5.41, 5.74) is 1.87. The highest BCUT2D eigenvalue weighted by atomic mass is 19.1. The molecule has 1 aromatic carbocycles. The zero-order valence-electron chi connectivity index (χ0n) is 5.84. The van der Waals surface area contributed by atoms with Crippen LogP contribution in [0.4, 0.5) is 4.39 Å². The van der Waals surface area contributed by atoms with Gasteiger partial charge in [-0.15, -0.1) is 0 Å². The number of hydrogen-bond donors (Lipinski definition) is 1. The van der Waals surface area contributed by atoms with Crippen molar-refractivity contribution in [3.8, 4) is 5.75 Å². The number of fused-ring (bicyclic) bond motifs is 1. The van der Waals surface area contributed by atoms with Crippen LogP contribution in [0.2, 0.25) is 0 Å². The molecule has 11 heavy (non-hydrogen) atoms. The van der Waals surface area contributed by atoms with Crippen molar-refractivity contribution in [1.82, 2.24) is 0 Å². The third-order valence-corrected chi connectivity index (χ3v) is 1.84. The molecule has 0 radical (unpaired) electrons. The van der Waals surface area contributed by atoms with E-state index >= 15 is 0 Å². The lowest BCUT2D eigenvalue weighted by Gasteiger charge is -1.99. The third-order valence-electron chi connectivity index (χ3n) is 1.84. The molecule has 0 aliphatic heterocycles. The average Bonchev–Trinajstić information content (AvgIpc) is 2.36. The van der Waals surface area contributed by atoms with Crippen LogP contribution in [0.5, 0.6) is 5.75 Å². The molecule has 1 aliphatic carbocycles. The lowest BCUT2D eigenvalue weighted by Crippen LogP contribution is -1.84. The van der Waals surface area contributed by atoms with Crippen LogP contribution >= 0.6 is 0 Å². The topological polar surface area (TPSA) is 20.2 Å². The van der Waals surface area contributed by atoms with Gasteiger partial charge in [0.2, 0.25) is 0 Å². The van der Waals surface area contributed by atoms with Crippen LogP contribution in [0.25, 0.3) is 6.08 Å². The molecule has 0 unspecified atom stereocenters. The number of aromatic hydroxyl groups is 1. The first-order valence-corrected chi connectivity index (χ1v) is 3.45. The van der Waals surface area contributed by atoms with Gasteiger partial charge in [-0.2, -0.15) is 0 Å². The fourth-order valence-electron chi connectivity index (χ4n) is 1.26. The zero-order chi connectivity index (χ0) is 7.84. The average molecular weight is 150 g/mol. The minimum Gasteiger partial charge on any atom is -0.505 e. The van der Waals surface area contributed by atoms with Crippen LogP contribution in [0, 0.1) is 5.82 Å². The van der Waals surface area contributed by atoms with E-state index in [-0.39, 0.29) is 5.75 Å². The number of benzene rings is 1. The van der Waals surface area contributed by atoms with E-state index in [0.717, 1.165) is 17.5 Å². The Kier molecular flexibility index (Phi) is 1.22. The predicted octanol–water partition coefficient (Wildman–Crippen LogP) is 2.10. The summed E-state index contributed by atoms with van der Waals surface area (Å²) in [5, 5.41) is 8.97. The number of phenolic OH excluding ortho intramolecular Hbond substituents is 1. The van der Waals surface area contributed by atoms with Crippen molar-refractivity contribution in [2.24, 2.45) is 0 Å². The highest BCUT2D eigenvalue weighted by molar-refractivity contribution is 5.61. The standard InChI is InChI=1S/C9H7FO/c10-8-4-6-2-1-3-7(6)5-9(8)11/h1,3-5,11H,2H2. The van der Waals surface area contributed by atoms with Crippen molar-refractivity contribution < 1.29 is 9.50 Å². The first-order chi connectivity index (χ1) is 5.27. The van der Waals surface area contributed by atoms with E-state index < -0.39 is 5.82 Å². The number of rotatable bonds is 0. The lowest BCUT2D eigenvalue weighted by atomic mass is 10.1. The molecule has 0 bridgehead atoms. The second-order valence-electron chi connectivity index (χ2n) is 2.61. The van der Waals surface area contributed by atoms with E-state index in [2.05, 4.69) is 0 Å². The van der Waals surface area contributed by atoms with Gasteiger partial charge in [0.25, 0.3) is 0 Å². The zero-order valence-corrected chi connectivity index (χ0v) is 5.84. The van der Waals surface area contributed by atoms with Crippen molar-refractivity contribution in [2.45, 2.75) is 6.42 Å². The Morgan fingerprint density at radius 1 is 1.36 bits per heavy atom. The molecule has 0 aromatic heterocycles. The van der Waals surface area contributed by atoms with Crippen LogP contribution in [-0.2, 0) is 6.42 Å². The fraction of sp³-hybridized carbons (Fsp3) is 0.111. The van der Waals surface area contributed by atoms with Gasteiger partial charge in [-0.25, -0.2) is 4.39 Å². The van der Waals surface area contributed by atoms with Gasteiger partial charge in [-0.3, -0.25) is 0 Å². The van der Waals surface area contributed by atoms with E-state index in [9.17, 15) is 4.39 Å². The number of phenols is 1. The quantitative estimate of drug-likeness (QED) is 0.600. The van der Waals surface area contributed by atoms with Crippen LogP contribution in [-0.4, -0.2) is 5.11 Å². The Labute approximate surface area is 63.8 Å². The molecule has 1 nitrogen and oxygen atoms in total. The van der Waals surface area contributed by atoms with Crippen molar-refractivity contribution in [2.75, 3.05) is 0 Å². The second-order valence-corrected chi connectivity index (χ2v) is 2.61. The molecular weight excluding hydrogens is 143 g/mol. The van der Waals surface area contributed by atoms with Crippen LogP contribution < -0.4 is 0 Å². The van der Waals surface area contributed by atoms with Crippen molar-refractivity contribution in [3.63, 3.8) is 0 Å². The van der Waals surface area contributed by atoms with Gasteiger partial charge in [-0.1, -0.05) is 12.2 Å². The maximum absolute atomic E-state index is 12.7. The van der Waals surface area contributed by atoms with Gasteiger partial charge in [0.05, 0.1) is 0 Å². The molecule has 1 aliphatic rings. The number of allylic oxidation sites excluding steroid dienone is 1. The summed E-state index contributed by atoms with van der Waals surface area (Å²) in [5.74, 6) is -0.803. The van der Waals surface area contributed by atoms with Gasteiger partial charge in [0.15, 0.2) is 11.6 Å². The molecule has 0 saturated heterocycles. The maximum Gasteiger partial charge on any atom is 0.165 e. The molecule has 2 heteroatoms. The Bertz CT molecular complexity index is 329. The Balaban J connectivity index is 2.63. The highest BCUT2D eigenvalue weighted by Crippen LogP contribution is 2.26. The Hall–Kier alpha value is -1.31. The van der Waals surface area contributed by atoms with Gasteiger partial charge in [-0.05, 0) is 29.7 Å². The predicted molar refractivity (Wildman–Crippen MR) is 40.8 cm³/mol. The van der Waals surface area contributed by atoms with E-state index in [1.165, 1.54) is 12.1 Å². The van der Waals surface area contributed by atoms with Gasteiger partial charge in [0, 0.05) is 0 Å². The smallest absolute Gasteiger partial charge is 0.165 e. The minimum absolute atomic E-state index is 0.268. The fourth-order valence-corrected chi connectivity index (χ4v) is 1.26. The SMILES string of the molecule is Oc1cc2c(cc1F)CC=C2. The molecule has 0 spiro atoms. The summed E-state index contributed by atoms with van der Waals surface area (Å²) < 4.78 is 12.7. The van der Waals surface area contributed by atoms with E-state index in [0.29, 0.717) is 0 Å². The molecule has 0 heterocycles. The van der Waals surface area contributed by atoms with Crippen molar-refractivity contribution >= 4 is 6.08 Å². The first-order valence-electron chi connectivity index (χ1n) is 3.45. The molecule has 0 fully saturated rings. The highest BCUT2D eigenvalue weighted by Gasteiger charge is 2.09. The summed E-state index contributed by atoms with van der Waals surface area (Å²) >= 11 is 0. The largest absolute Gasteiger partial charge is 0.505 e. The van der Waals surface area contributed by atoms with Crippen LogP contribution in [0.15, 0.2) is 18.2 Å². The molecule has 2 rings (SSSR count). The van der Waals surface area contributed by atoms with Crippen LogP contribution in [0.3, 0.4) is 0 Å². The van der Waals surface area contributed by atoms with Crippen molar-refractivity contribution in [3.05, 3.63) is 35.2 Å². The number of hydrogen-bond acceptors (Lipinski definition) is 1. The molecule has 1 aromatic rings. The first kappa shape index (κ1) is 6.40. The summed E-state index contributed by atoms with van der Waals surface area (Å²) in [7, 11) is 0. The molecule has 1 N–H and O–H groups in total. The van der Waals surface area contributed by atoms with E-state index in [4.69, 9.17) is 5.11 Å². The Morgan fingerprint density at radius 2 is 2.18 bits per heavy atom. The summed E-state index contributed by atoms with van der Waals surface area (Å²) in [6.45, 7) is 0. The second kappa shape index (κ2) is 2.09. The summed E-state index contributed by atoms with van der Waals surface area (Å²) in [6.07, 6.45) is 4.60. The number of halogens is 1. The van der Waals surface area contributed by atoms with Crippen molar-refractivity contribution in [1.29, 1.82) is 0 Å². The van der Waals surface area contributed by atoms with Gasteiger partial charge < -0.3 is 5.11 Å². The normalized spacial score (nSPS) is 13.5.